The highest BCUT2D eigenvalue weighted by Crippen LogP contribution is 2.25. The van der Waals surface area contributed by atoms with Crippen molar-refractivity contribution in [3.8, 4) is 0 Å². The van der Waals surface area contributed by atoms with E-state index >= 15 is 0 Å². The molecular formula is C17H26FN3O3S. The van der Waals surface area contributed by atoms with Crippen molar-refractivity contribution in [2.24, 2.45) is 10.4 Å². The molecule has 1 aromatic carbocycles. The fourth-order valence-electron chi connectivity index (χ4n) is 2.52. The molecule has 1 fully saturated rings. The van der Waals surface area contributed by atoms with Gasteiger partial charge in [0.05, 0.1) is 25.5 Å². The van der Waals surface area contributed by atoms with Crippen molar-refractivity contribution in [1.82, 2.24) is 10.6 Å². The molecule has 0 saturated carbocycles. The normalized spacial score (nSPS) is 17.0. The van der Waals surface area contributed by atoms with Gasteiger partial charge in [-0.3, -0.25) is 0 Å². The van der Waals surface area contributed by atoms with Crippen molar-refractivity contribution in [3.63, 3.8) is 0 Å². The monoisotopic (exact) mass is 371 g/mol. The van der Waals surface area contributed by atoms with Crippen molar-refractivity contribution in [1.29, 1.82) is 0 Å². The summed E-state index contributed by atoms with van der Waals surface area (Å²) >= 11 is 0. The van der Waals surface area contributed by atoms with Gasteiger partial charge in [-0.1, -0.05) is 13.0 Å². The molecule has 2 rings (SSSR count). The molecule has 1 saturated heterocycles. The van der Waals surface area contributed by atoms with Crippen LogP contribution in [0.3, 0.4) is 0 Å². The van der Waals surface area contributed by atoms with Crippen LogP contribution >= 0.6 is 0 Å². The average Bonchev–Trinajstić information content (AvgIpc) is 2.49. The third-order valence-corrected chi connectivity index (χ3v) is 4.76. The molecule has 0 bridgehead atoms. The van der Waals surface area contributed by atoms with E-state index in [0.717, 1.165) is 12.8 Å². The number of rotatable bonds is 7. The van der Waals surface area contributed by atoms with Gasteiger partial charge in [0.1, 0.15) is 5.82 Å². The van der Waals surface area contributed by atoms with E-state index in [4.69, 9.17) is 4.74 Å². The minimum Gasteiger partial charge on any atom is -0.380 e. The second kappa shape index (κ2) is 8.14. The van der Waals surface area contributed by atoms with Gasteiger partial charge < -0.3 is 15.4 Å². The van der Waals surface area contributed by atoms with Crippen molar-refractivity contribution >= 4 is 15.8 Å². The van der Waals surface area contributed by atoms with E-state index in [0.29, 0.717) is 36.8 Å². The first kappa shape index (κ1) is 19.7. The predicted molar refractivity (Wildman–Crippen MR) is 96.7 cm³/mol. The van der Waals surface area contributed by atoms with E-state index in [-0.39, 0.29) is 17.7 Å². The van der Waals surface area contributed by atoms with E-state index in [1.165, 1.54) is 18.2 Å². The van der Waals surface area contributed by atoms with Crippen molar-refractivity contribution in [3.05, 3.63) is 35.1 Å². The number of hydrogen-bond donors (Lipinski definition) is 2. The number of hydrogen-bond acceptors (Lipinski definition) is 4. The van der Waals surface area contributed by atoms with Crippen LogP contribution in [0.2, 0.25) is 0 Å². The van der Waals surface area contributed by atoms with Crippen molar-refractivity contribution in [2.75, 3.05) is 32.6 Å². The second-order valence-corrected chi connectivity index (χ2v) is 8.98. The number of ether oxygens (including phenoxy) is 1. The van der Waals surface area contributed by atoms with Crippen LogP contribution in [0.5, 0.6) is 0 Å². The molecule has 1 aliphatic rings. The lowest BCUT2D eigenvalue weighted by atomic mass is 9.89. The summed E-state index contributed by atoms with van der Waals surface area (Å²) in [5.41, 5.74) is 1.24. The van der Waals surface area contributed by atoms with Gasteiger partial charge in [-0.2, -0.15) is 0 Å². The SMILES string of the molecule is CCNC(=NCc1cc(F)ccc1CS(C)(=O)=O)NCC1(C)COC1. The summed E-state index contributed by atoms with van der Waals surface area (Å²) in [6, 6.07) is 4.12. The van der Waals surface area contributed by atoms with E-state index < -0.39 is 15.7 Å². The largest absolute Gasteiger partial charge is 0.380 e. The number of nitrogens with one attached hydrogen (secondary N) is 2. The number of halogens is 1. The molecule has 0 amide bonds. The van der Waals surface area contributed by atoms with E-state index in [2.05, 4.69) is 22.5 Å². The van der Waals surface area contributed by atoms with Crippen LogP contribution in [0, 0.1) is 11.2 Å². The second-order valence-electron chi connectivity index (χ2n) is 6.84. The Kier molecular flexibility index (Phi) is 6.40. The molecule has 6 nitrogen and oxygen atoms in total. The van der Waals surface area contributed by atoms with E-state index in [1.54, 1.807) is 0 Å². The molecule has 0 radical (unpaired) electrons. The predicted octanol–water partition coefficient (Wildman–Crippen LogP) is 1.46. The highest BCUT2D eigenvalue weighted by atomic mass is 32.2. The van der Waals surface area contributed by atoms with Crippen LogP contribution in [0.15, 0.2) is 23.2 Å². The van der Waals surface area contributed by atoms with Crippen molar-refractivity contribution in [2.45, 2.75) is 26.1 Å². The first-order valence-electron chi connectivity index (χ1n) is 8.26. The quantitative estimate of drug-likeness (QED) is 0.560. The first-order valence-corrected chi connectivity index (χ1v) is 10.3. The summed E-state index contributed by atoms with van der Waals surface area (Å²) < 4.78 is 41.9. The summed E-state index contributed by atoms with van der Waals surface area (Å²) in [4.78, 5) is 4.47. The number of guanidine groups is 1. The number of nitrogens with zero attached hydrogens (tertiary/aromatic N) is 1. The summed E-state index contributed by atoms with van der Waals surface area (Å²) in [6.45, 7) is 7.12. The Bertz CT molecular complexity index is 731. The van der Waals surface area contributed by atoms with Gasteiger partial charge in [0.15, 0.2) is 15.8 Å². The summed E-state index contributed by atoms with van der Waals surface area (Å²) in [6.07, 6.45) is 1.16. The van der Waals surface area contributed by atoms with Crippen LogP contribution in [-0.4, -0.2) is 46.9 Å². The van der Waals surface area contributed by atoms with Gasteiger partial charge in [-0.25, -0.2) is 17.8 Å². The van der Waals surface area contributed by atoms with E-state index in [1.807, 2.05) is 6.92 Å². The fraction of sp³-hybridized carbons (Fsp3) is 0.588. The summed E-state index contributed by atoms with van der Waals surface area (Å²) in [5.74, 6) is 0.0852. The Hall–Kier alpha value is -1.67. The Labute approximate surface area is 148 Å². The Balaban J connectivity index is 2.11. The molecule has 0 aromatic heterocycles. The van der Waals surface area contributed by atoms with Gasteiger partial charge in [0, 0.05) is 24.8 Å². The molecule has 8 heteroatoms. The molecule has 1 aliphatic heterocycles. The Morgan fingerprint density at radius 2 is 2.04 bits per heavy atom. The molecule has 0 spiro atoms. The Morgan fingerprint density at radius 1 is 1.32 bits per heavy atom. The topological polar surface area (TPSA) is 79.8 Å². The highest BCUT2D eigenvalue weighted by Gasteiger charge is 2.33. The lowest BCUT2D eigenvalue weighted by Crippen LogP contribution is -2.51. The van der Waals surface area contributed by atoms with Gasteiger partial charge in [-0.05, 0) is 30.2 Å². The molecular weight excluding hydrogens is 345 g/mol. The summed E-state index contributed by atoms with van der Waals surface area (Å²) in [5, 5.41) is 6.40. The van der Waals surface area contributed by atoms with Crippen LogP contribution in [0.1, 0.15) is 25.0 Å². The van der Waals surface area contributed by atoms with Gasteiger partial charge in [-0.15, -0.1) is 0 Å². The number of benzene rings is 1. The van der Waals surface area contributed by atoms with Crippen molar-refractivity contribution < 1.29 is 17.5 Å². The van der Waals surface area contributed by atoms with Crippen LogP contribution in [-0.2, 0) is 26.9 Å². The maximum Gasteiger partial charge on any atom is 0.191 e. The zero-order valence-electron chi connectivity index (χ0n) is 14.9. The van der Waals surface area contributed by atoms with Gasteiger partial charge in [0.2, 0.25) is 0 Å². The average molecular weight is 371 g/mol. The fourth-order valence-corrected chi connectivity index (χ4v) is 3.37. The van der Waals surface area contributed by atoms with Crippen LogP contribution in [0.4, 0.5) is 4.39 Å². The maximum absolute atomic E-state index is 13.6. The third-order valence-electron chi connectivity index (χ3n) is 3.92. The lowest BCUT2D eigenvalue weighted by molar-refractivity contribution is -0.0971. The van der Waals surface area contributed by atoms with Gasteiger partial charge in [0.25, 0.3) is 0 Å². The van der Waals surface area contributed by atoms with Gasteiger partial charge >= 0.3 is 0 Å². The van der Waals surface area contributed by atoms with Crippen LogP contribution < -0.4 is 10.6 Å². The Morgan fingerprint density at radius 3 is 2.60 bits per heavy atom. The number of aliphatic imine (C=N–C) groups is 1. The van der Waals surface area contributed by atoms with E-state index in [9.17, 15) is 12.8 Å². The molecule has 25 heavy (non-hydrogen) atoms. The molecule has 0 atom stereocenters. The lowest BCUT2D eigenvalue weighted by Gasteiger charge is -2.38. The third kappa shape index (κ3) is 6.28. The summed E-state index contributed by atoms with van der Waals surface area (Å²) in [7, 11) is -3.20. The molecule has 0 aliphatic carbocycles. The number of sulfone groups is 1. The smallest absolute Gasteiger partial charge is 0.191 e. The highest BCUT2D eigenvalue weighted by molar-refractivity contribution is 7.89. The zero-order chi connectivity index (χ0) is 18.5. The van der Waals surface area contributed by atoms with Crippen LogP contribution in [0.25, 0.3) is 0 Å². The standard InChI is InChI=1S/C17H26FN3O3S/c1-4-19-16(21-10-17(2)11-24-12-17)20-8-14-7-15(18)6-5-13(14)9-25(3,22)23/h5-7H,4,8-12H2,1-3H3,(H2,19,20,21). The minimum atomic E-state index is -3.20. The minimum absolute atomic E-state index is 0.0937. The first-order chi connectivity index (χ1) is 11.7. The molecule has 0 unspecified atom stereocenters. The molecule has 1 aromatic rings. The molecule has 2 N–H and O–H groups in total. The molecule has 1 heterocycles. The maximum atomic E-state index is 13.6. The zero-order valence-corrected chi connectivity index (χ0v) is 15.7. The molecule has 140 valence electrons.